The maximum Gasteiger partial charge on any atom is 0.150 e. The molecule has 19 heavy (non-hydrogen) atoms. The largest absolute Gasteiger partial charge is 0.316 e. The minimum Gasteiger partial charge on any atom is -0.316 e. The van der Waals surface area contributed by atoms with Gasteiger partial charge in [0.2, 0.25) is 0 Å². The summed E-state index contributed by atoms with van der Waals surface area (Å²) in [5.41, 5.74) is 1.29. The van der Waals surface area contributed by atoms with Gasteiger partial charge in [-0.25, -0.2) is 8.42 Å². The van der Waals surface area contributed by atoms with E-state index < -0.39 is 9.84 Å². The molecule has 108 valence electrons. The molecule has 0 aliphatic rings. The summed E-state index contributed by atoms with van der Waals surface area (Å²) in [6.45, 7) is 3.89. The lowest BCUT2D eigenvalue weighted by Gasteiger charge is -2.24. The molecule has 0 amide bonds. The second kappa shape index (κ2) is 7.65. The molecule has 1 aromatic carbocycles. The highest BCUT2D eigenvalue weighted by atomic mass is 32.2. The average Bonchev–Trinajstić information content (AvgIpc) is 2.44. The first-order valence-corrected chi connectivity index (χ1v) is 8.75. The van der Waals surface area contributed by atoms with Crippen LogP contribution < -0.4 is 5.32 Å². The van der Waals surface area contributed by atoms with Gasteiger partial charge in [-0.15, -0.1) is 0 Å². The number of sulfone groups is 1. The fourth-order valence-electron chi connectivity index (χ4n) is 2.30. The summed E-state index contributed by atoms with van der Waals surface area (Å²) < 4.78 is 23.0. The molecule has 0 spiro atoms. The summed E-state index contributed by atoms with van der Waals surface area (Å²) in [4.78, 5) is 0. The zero-order chi connectivity index (χ0) is 14.3. The van der Waals surface area contributed by atoms with Crippen LogP contribution in [-0.2, 0) is 9.84 Å². The van der Waals surface area contributed by atoms with E-state index in [1.165, 1.54) is 5.56 Å². The van der Waals surface area contributed by atoms with Crippen LogP contribution >= 0.6 is 0 Å². The zero-order valence-corrected chi connectivity index (χ0v) is 12.9. The molecule has 1 N–H and O–H groups in total. The predicted molar refractivity (Wildman–Crippen MR) is 81.3 cm³/mol. The van der Waals surface area contributed by atoms with Crippen molar-refractivity contribution in [2.45, 2.75) is 38.6 Å². The molecule has 0 heterocycles. The van der Waals surface area contributed by atoms with E-state index in [1.807, 2.05) is 25.2 Å². The van der Waals surface area contributed by atoms with Crippen molar-refractivity contribution in [3.05, 3.63) is 35.9 Å². The molecule has 2 atom stereocenters. The first kappa shape index (κ1) is 16.2. The van der Waals surface area contributed by atoms with Crippen LogP contribution in [0.3, 0.4) is 0 Å². The third-order valence-electron chi connectivity index (χ3n) is 3.71. The van der Waals surface area contributed by atoms with Crippen molar-refractivity contribution >= 4 is 9.84 Å². The number of likely N-dealkylation sites (N-methyl/N-ethyl adjacent to an activating group) is 1. The van der Waals surface area contributed by atoms with Crippen LogP contribution in [0.15, 0.2) is 30.3 Å². The fraction of sp³-hybridized carbons (Fsp3) is 0.600. The van der Waals surface area contributed by atoms with Gasteiger partial charge in [-0.2, -0.15) is 0 Å². The van der Waals surface area contributed by atoms with Crippen LogP contribution in [-0.4, -0.2) is 33.0 Å². The van der Waals surface area contributed by atoms with Gasteiger partial charge in [0, 0.05) is 11.8 Å². The second-order valence-corrected chi connectivity index (χ2v) is 7.45. The van der Waals surface area contributed by atoms with Crippen LogP contribution in [0.1, 0.15) is 38.2 Å². The Morgan fingerprint density at radius 3 is 2.37 bits per heavy atom. The summed E-state index contributed by atoms with van der Waals surface area (Å²) in [6, 6.07) is 10.7. The summed E-state index contributed by atoms with van der Waals surface area (Å²) in [6.07, 6.45) is 1.60. The van der Waals surface area contributed by atoms with Gasteiger partial charge in [-0.05, 0) is 31.4 Å². The Hall–Kier alpha value is -0.870. The van der Waals surface area contributed by atoms with Gasteiger partial charge in [0.1, 0.15) is 9.84 Å². The van der Waals surface area contributed by atoms with Crippen molar-refractivity contribution in [1.29, 1.82) is 0 Å². The Labute approximate surface area is 117 Å². The average molecular weight is 283 g/mol. The molecule has 0 fully saturated rings. The smallest absolute Gasteiger partial charge is 0.150 e. The number of hydrogen-bond donors (Lipinski definition) is 1. The van der Waals surface area contributed by atoms with Gasteiger partial charge in [-0.3, -0.25) is 0 Å². The Morgan fingerprint density at radius 1 is 1.21 bits per heavy atom. The van der Waals surface area contributed by atoms with E-state index in [-0.39, 0.29) is 5.75 Å². The van der Waals surface area contributed by atoms with E-state index in [0.29, 0.717) is 17.7 Å². The highest BCUT2D eigenvalue weighted by Gasteiger charge is 2.18. The van der Waals surface area contributed by atoms with Crippen molar-refractivity contribution < 1.29 is 8.42 Å². The quantitative estimate of drug-likeness (QED) is 0.797. The van der Waals surface area contributed by atoms with E-state index >= 15 is 0 Å². The molecule has 1 aromatic rings. The molecular weight excluding hydrogens is 258 g/mol. The molecule has 0 aliphatic heterocycles. The van der Waals surface area contributed by atoms with Crippen molar-refractivity contribution in [2.75, 3.05) is 18.6 Å². The lowest BCUT2D eigenvalue weighted by atomic mass is 9.91. The summed E-state index contributed by atoms with van der Waals surface area (Å²) in [5.74, 6) is 0.921. The molecule has 0 bridgehead atoms. The van der Waals surface area contributed by atoms with Gasteiger partial charge < -0.3 is 5.32 Å². The third kappa shape index (κ3) is 5.33. The number of hydrogen-bond acceptors (Lipinski definition) is 3. The van der Waals surface area contributed by atoms with E-state index in [9.17, 15) is 8.42 Å². The van der Waals surface area contributed by atoms with Gasteiger partial charge in [0.15, 0.2) is 0 Å². The van der Waals surface area contributed by atoms with Crippen molar-refractivity contribution in [3.8, 4) is 0 Å². The minimum atomic E-state index is -2.84. The standard InChI is InChI=1S/C15H25NO2S/c1-4-19(17,18)12-8-11-15(16-3)13(2)14-9-6-5-7-10-14/h5-7,9-10,13,15-16H,4,8,11-12H2,1-3H3. The van der Waals surface area contributed by atoms with Crippen molar-refractivity contribution in [3.63, 3.8) is 0 Å². The Kier molecular flexibility index (Phi) is 6.52. The van der Waals surface area contributed by atoms with Crippen LogP contribution in [0.2, 0.25) is 0 Å². The Bertz CT molecular complexity index is 456. The van der Waals surface area contributed by atoms with Crippen LogP contribution in [0.4, 0.5) is 0 Å². The van der Waals surface area contributed by atoms with Crippen LogP contribution in [0.5, 0.6) is 0 Å². The molecule has 0 aromatic heterocycles. The highest BCUT2D eigenvalue weighted by molar-refractivity contribution is 7.91. The second-order valence-electron chi connectivity index (χ2n) is 4.97. The van der Waals surface area contributed by atoms with Gasteiger partial charge in [-0.1, -0.05) is 44.2 Å². The molecule has 0 radical (unpaired) electrons. The van der Waals surface area contributed by atoms with Crippen molar-refractivity contribution in [1.82, 2.24) is 5.32 Å². The maximum absolute atomic E-state index is 11.5. The molecule has 1 rings (SSSR count). The molecule has 0 saturated heterocycles. The normalized spacial score (nSPS) is 15.1. The number of nitrogens with one attached hydrogen (secondary N) is 1. The first-order chi connectivity index (χ1) is 9.00. The fourth-order valence-corrected chi connectivity index (χ4v) is 3.20. The molecule has 0 aliphatic carbocycles. The van der Waals surface area contributed by atoms with Crippen LogP contribution in [0.25, 0.3) is 0 Å². The minimum absolute atomic E-state index is 0.242. The van der Waals surface area contributed by atoms with Gasteiger partial charge in [0.25, 0.3) is 0 Å². The summed E-state index contributed by atoms with van der Waals surface area (Å²) in [7, 11) is -0.899. The first-order valence-electron chi connectivity index (χ1n) is 6.92. The molecular formula is C15H25NO2S. The van der Waals surface area contributed by atoms with Crippen molar-refractivity contribution in [2.24, 2.45) is 0 Å². The van der Waals surface area contributed by atoms with E-state index in [0.717, 1.165) is 12.8 Å². The van der Waals surface area contributed by atoms with Gasteiger partial charge in [0.05, 0.1) is 5.75 Å². The predicted octanol–water partition coefficient (Wildman–Crippen LogP) is 2.59. The molecule has 3 nitrogen and oxygen atoms in total. The molecule has 2 unspecified atom stereocenters. The summed E-state index contributed by atoms with van der Waals surface area (Å²) in [5, 5.41) is 3.31. The Morgan fingerprint density at radius 2 is 1.84 bits per heavy atom. The van der Waals surface area contributed by atoms with Crippen LogP contribution in [0, 0.1) is 0 Å². The Balaban J connectivity index is 2.54. The van der Waals surface area contributed by atoms with Gasteiger partial charge >= 0.3 is 0 Å². The highest BCUT2D eigenvalue weighted by Crippen LogP contribution is 2.21. The van der Waals surface area contributed by atoms with E-state index in [2.05, 4.69) is 24.4 Å². The number of benzene rings is 1. The lowest BCUT2D eigenvalue weighted by Crippen LogP contribution is -2.31. The molecule has 0 saturated carbocycles. The van der Waals surface area contributed by atoms with E-state index in [1.54, 1.807) is 6.92 Å². The van der Waals surface area contributed by atoms with E-state index in [4.69, 9.17) is 0 Å². The number of rotatable bonds is 8. The topological polar surface area (TPSA) is 46.2 Å². The SMILES string of the molecule is CCS(=O)(=O)CCCC(NC)C(C)c1ccccc1. The zero-order valence-electron chi connectivity index (χ0n) is 12.1. The summed E-state index contributed by atoms with van der Waals surface area (Å²) >= 11 is 0. The monoisotopic (exact) mass is 283 g/mol. The maximum atomic E-state index is 11.5. The lowest BCUT2D eigenvalue weighted by molar-refractivity contribution is 0.450. The third-order valence-corrected chi connectivity index (χ3v) is 5.50. The molecule has 4 heteroatoms.